The van der Waals surface area contributed by atoms with E-state index in [1.165, 1.54) is 6.33 Å². The minimum absolute atomic E-state index is 0.674. The summed E-state index contributed by atoms with van der Waals surface area (Å²) in [5.41, 5.74) is 0.993. The van der Waals surface area contributed by atoms with Crippen LogP contribution in [-0.4, -0.2) is 19.7 Å². The zero-order valence-electron chi connectivity index (χ0n) is 8.18. The van der Waals surface area contributed by atoms with Crippen molar-refractivity contribution in [2.45, 2.75) is 6.54 Å². The van der Waals surface area contributed by atoms with Gasteiger partial charge in [0.15, 0.2) is 0 Å². The molecule has 0 unspecified atom stereocenters. The lowest BCUT2D eigenvalue weighted by Crippen LogP contribution is -2.04. The summed E-state index contributed by atoms with van der Waals surface area (Å²) in [6.45, 7) is 0.674. The fourth-order valence-corrected chi connectivity index (χ4v) is 1.67. The molecular weight excluding hydrogens is 305 g/mol. The van der Waals surface area contributed by atoms with Crippen molar-refractivity contribution in [3.8, 4) is 0 Å². The lowest BCUT2D eigenvalue weighted by atomic mass is 10.4. The Bertz CT molecular complexity index is 453. The molecule has 15 heavy (non-hydrogen) atoms. The fraction of sp³-hybridized carbons (Fsp3) is 0.222. The first kappa shape index (κ1) is 10.3. The summed E-state index contributed by atoms with van der Waals surface area (Å²) in [6, 6.07) is 1.97. The van der Waals surface area contributed by atoms with Gasteiger partial charge in [-0.1, -0.05) is 0 Å². The van der Waals surface area contributed by atoms with Gasteiger partial charge < -0.3 is 5.32 Å². The molecule has 0 amide bonds. The van der Waals surface area contributed by atoms with Crippen molar-refractivity contribution in [3.05, 3.63) is 34.1 Å². The second-order valence-corrected chi connectivity index (χ2v) is 4.22. The molecule has 2 aromatic heterocycles. The number of aromatic nitrogens is 4. The molecule has 0 bridgehead atoms. The molecule has 5 nitrogen and oxygen atoms in total. The summed E-state index contributed by atoms with van der Waals surface area (Å²) in [6.07, 6.45) is 5.22. The fourth-order valence-electron chi connectivity index (χ4n) is 1.17. The van der Waals surface area contributed by atoms with E-state index < -0.39 is 0 Å². The molecule has 2 heterocycles. The highest BCUT2D eigenvalue weighted by Crippen LogP contribution is 2.12. The predicted octanol–water partition coefficient (Wildman–Crippen LogP) is 1.43. The molecule has 2 rings (SSSR count). The smallest absolute Gasteiger partial charge is 0.143 e. The third-order valence-electron chi connectivity index (χ3n) is 1.87. The van der Waals surface area contributed by atoms with Gasteiger partial charge in [0.1, 0.15) is 12.1 Å². The van der Waals surface area contributed by atoms with Crippen molar-refractivity contribution in [1.82, 2.24) is 19.7 Å². The Labute approximate surface area is 101 Å². The highest BCUT2D eigenvalue weighted by Gasteiger charge is 2.01. The zero-order valence-corrected chi connectivity index (χ0v) is 10.3. The van der Waals surface area contributed by atoms with E-state index in [1.54, 1.807) is 10.9 Å². The van der Waals surface area contributed by atoms with Crippen LogP contribution in [0.2, 0.25) is 0 Å². The van der Waals surface area contributed by atoms with Crippen LogP contribution in [0.4, 0.5) is 5.82 Å². The van der Waals surface area contributed by atoms with E-state index >= 15 is 0 Å². The van der Waals surface area contributed by atoms with Gasteiger partial charge in [-0.2, -0.15) is 5.10 Å². The third-order valence-corrected chi connectivity index (χ3v) is 2.66. The quantitative estimate of drug-likeness (QED) is 0.871. The molecule has 0 aliphatic heterocycles. The van der Waals surface area contributed by atoms with Gasteiger partial charge in [0.2, 0.25) is 0 Å². The third kappa shape index (κ3) is 2.65. The summed E-state index contributed by atoms with van der Waals surface area (Å²) in [7, 11) is 1.90. The molecule has 2 aromatic rings. The lowest BCUT2D eigenvalue weighted by Gasteiger charge is -2.04. The van der Waals surface area contributed by atoms with E-state index in [4.69, 9.17) is 0 Å². The van der Waals surface area contributed by atoms with E-state index in [0.29, 0.717) is 6.54 Å². The topological polar surface area (TPSA) is 55.6 Å². The molecule has 78 valence electrons. The molecule has 0 saturated heterocycles. The van der Waals surface area contributed by atoms with Crippen LogP contribution >= 0.6 is 22.6 Å². The molecule has 0 atom stereocenters. The van der Waals surface area contributed by atoms with E-state index in [-0.39, 0.29) is 0 Å². The van der Waals surface area contributed by atoms with E-state index in [9.17, 15) is 0 Å². The van der Waals surface area contributed by atoms with Crippen LogP contribution in [0.5, 0.6) is 0 Å². The average Bonchev–Trinajstić information content (AvgIpc) is 2.63. The molecular formula is C9H10IN5. The Morgan fingerprint density at radius 2 is 2.40 bits per heavy atom. The van der Waals surface area contributed by atoms with Crippen molar-refractivity contribution in [1.29, 1.82) is 0 Å². The van der Waals surface area contributed by atoms with Crippen molar-refractivity contribution < 1.29 is 0 Å². The van der Waals surface area contributed by atoms with Crippen LogP contribution in [0, 0.1) is 3.57 Å². The van der Waals surface area contributed by atoms with Gasteiger partial charge in [-0.15, -0.1) is 0 Å². The van der Waals surface area contributed by atoms with Crippen LogP contribution in [0.1, 0.15) is 5.69 Å². The maximum Gasteiger partial charge on any atom is 0.143 e. The molecule has 0 aromatic carbocycles. The molecule has 6 heteroatoms. The maximum absolute atomic E-state index is 4.26. The number of nitrogens with one attached hydrogen (secondary N) is 1. The normalized spacial score (nSPS) is 10.3. The highest BCUT2D eigenvalue weighted by molar-refractivity contribution is 14.1. The lowest BCUT2D eigenvalue weighted by molar-refractivity contribution is 0.747. The SMILES string of the molecule is Cn1ccc(CNc2ncncc2I)n1. The van der Waals surface area contributed by atoms with Gasteiger partial charge in [-0.05, 0) is 28.7 Å². The summed E-state index contributed by atoms with van der Waals surface area (Å²) >= 11 is 2.20. The first-order valence-electron chi connectivity index (χ1n) is 4.43. The number of hydrogen-bond donors (Lipinski definition) is 1. The minimum atomic E-state index is 0.674. The van der Waals surface area contributed by atoms with Gasteiger partial charge in [0.05, 0.1) is 15.8 Å². The molecule has 0 saturated carbocycles. The molecule has 0 aliphatic carbocycles. The van der Waals surface area contributed by atoms with Crippen LogP contribution in [-0.2, 0) is 13.6 Å². The molecule has 0 spiro atoms. The van der Waals surface area contributed by atoms with Crippen molar-refractivity contribution >= 4 is 28.4 Å². The highest BCUT2D eigenvalue weighted by atomic mass is 127. The number of anilines is 1. The summed E-state index contributed by atoms with van der Waals surface area (Å²) in [4.78, 5) is 8.06. The number of hydrogen-bond acceptors (Lipinski definition) is 4. The molecule has 0 radical (unpaired) electrons. The van der Waals surface area contributed by atoms with Gasteiger partial charge in [-0.25, -0.2) is 9.97 Å². The molecule has 0 fully saturated rings. The largest absolute Gasteiger partial charge is 0.363 e. The van der Waals surface area contributed by atoms with Gasteiger partial charge in [-0.3, -0.25) is 4.68 Å². The van der Waals surface area contributed by atoms with E-state index in [2.05, 4.69) is 43.0 Å². The van der Waals surface area contributed by atoms with Crippen molar-refractivity contribution in [3.63, 3.8) is 0 Å². The second kappa shape index (κ2) is 4.56. The number of halogens is 1. The van der Waals surface area contributed by atoms with Gasteiger partial charge >= 0.3 is 0 Å². The Kier molecular flexibility index (Phi) is 3.14. The average molecular weight is 315 g/mol. The van der Waals surface area contributed by atoms with Gasteiger partial charge in [0, 0.05) is 19.4 Å². The van der Waals surface area contributed by atoms with Crippen LogP contribution in [0.3, 0.4) is 0 Å². The monoisotopic (exact) mass is 315 g/mol. The number of nitrogens with zero attached hydrogens (tertiary/aromatic N) is 4. The van der Waals surface area contributed by atoms with Crippen molar-refractivity contribution in [2.75, 3.05) is 5.32 Å². The van der Waals surface area contributed by atoms with Crippen LogP contribution in [0.15, 0.2) is 24.8 Å². The predicted molar refractivity (Wildman–Crippen MR) is 65.3 cm³/mol. The summed E-state index contributed by atoms with van der Waals surface area (Å²) < 4.78 is 2.79. The molecule has 1 N–H and O–H groups in total. The first-order valence-corrected chi connectivity index (χ1v) is 5.51. The second-order valence-electron chi connectivity index (χ2n) is 3.05. The minimum Gasteiger partial charge on any atom is -0.363 e. The zero-order chi connectivity index (χ0) is 10.7. The molecule has 0 aliphatic rings. The first-order chi connectivity index (χ1) is 7.25. The van der Waals surface area contributed by atoms with E-state index in [1.807, 2.05) is 19.3 Å². The standard InChI is InChI=1S/C9H10IN5/c1-15-3-2-7(14-15)4-12-9-8(10)5-11-6-13-9/h2-3,5-6H,4H2,1H3,(H,11,12,13). The Balaban J connectivity index is 2.02. The Morgan fingerprint density at radius 1 is 1.53 bits per heavy atom. The van der Waals surface area contributed by atoms with Crippen LogP contribution < -0.4 is 5.32 Å². The van der Waals surface area contributed by atoms with E-state index in [0.717, 1.165) is 15.1 Å². The number of aryl methyl sites for hydroxylation is 1. The summed E-state index contributed by atoms with van der Waals surface area (Å²) in [5, 5.41) is 7.47. The maximum atomic E-state index is 4.26. The Hall–Kier alpha value is -1.18. The van der Waals surface area contributed by atoms with Crippen LogP contribution in [0.25, 0.3) is 0 Å². The summed E-state index contributed by atoms with van der Waals surface area (Å²) in [5.74, 6) is 0.844. The van der Waals surface area contributed by atoms with Gasteiger partial charge in [0.25, 0.3) is 0 Å². The number of rotatable bonds is 3. The Morgan fingerprint density at radius 3 is 3.07 bits per heavy atom. The van der Waals surface area contributed by atoms with Crippen molar-refractivity contribution in [2.24, 2.45) is 7.05 Å².